The second kappa shape index (κ2) is 16.0. The maximum atomic E-state index is 12.3. The van der Waals surface area contributed by atoms with Gasteiger partial charge in [0.05, 0.1) is 0 Å². The van der Waals surface area contributed by atoms with E-state index in [0.717, 1.165) is 36.8 Å². The summed E-state index contributed by atoms with van der Waals surface area (Å²) < 4.78 is 11.2. The van der Waals surface area contributed by atoms with Crippen LogP contribution in [0.15, 0.2) is 96.5 Å². The van der Waals surface area contributed by atoms with E-state index in [9.17, 15) is 9.59 Å². The van der Waals surface area contributed by atoms with Crippen LogP contribution < -0.4 is 0 Å². The molecule has 2 aromatic rings. The molecule has 0 saturated heterocycles. The normalized spacial score (nSPS) is 12.3. The lowest BCUT2D eigenvalue weighted by atomic mass is 10.2. The highest BCUT2D eigenvalue weighted by molar-refractivity contribution is 5.88. The molecule has 4 nitrogen and oxygen atoms in total. The third-order valence-corrected chi connectivity index (χ3v) is 4.89. The van der Waals surface area contributed by atoms with Crippen LogP contribution in [0.5, 0.6) is 0 Å². The van der Waals surface area contributed by atoms with Crippen LogP contribution in [-0.4, -0.2) is 11.9 Å². The van der Waals surface area contributed by atoms with Crippen molar-refractivity contribution in [3.63, 3.8) is 0 Å². The van der Waals surface area contributed by atoms with Gasteiger partial charge in [0.1, 0.15) is 11.5 Å². The number of carbonyl (C=O) groups excluding carboxylic acids is 2. The molecule has 4 heteroatoms. The van der Waals surface area contributed by atoms with Gasteiger partial charge in [-0.2, -0.15) is 0 Å². The van der Waals surface area contributed by atoms with Gasteiger partial charge in [0, 0.05) is 25.0 Å². The Morgan fingerprint density at radius 3 is 1.38 bits per heavy atom. The molecule has 0 unspecified atom stereocenters. The van der Waals surface area contributed by atoms with Crippen LogP contribution >= 0.6 is 0 Å². The molecule has 0 atom stereocenters. The zero-order chi connectivity index (χ0) is 24.4. The molecule has 0 radical (unpaired) electrons. The van der Waals surface area contributed by atoms with Gasteiger partial charge in [-0.1, -0.05) is 87.4 Å². The first-order chi connectivity index (χ1) is 16.6. The van der Waals surface area contributed by atoms with Crippen LogP contribution in [0.25, 0.3) is 12.2 Å². The summed E-state index contributed by atoms with van der Waals surface area (Å²) in [6.07, 6.45) is 14.7. The molecule has 0 heterocycles. The van der Waals surface area contributed by atoms with Gasteiger partial charge in [-0.15, -0.1) is 0 Å². The third-order valence-electron chi connectivity index (χ3n) is 4.89. The minimum Gasteiger partial charge on any atom is -0.428 e. The predicted molar refractivity (Wildman–Crippen MR) is 138 cm³/mol. The molecule has 0 aliphatic carbocycles. The predicted octanol–water partition coefficient (Wildman–Crippen LogP) is 7.65. The van der Waals surface area contributed by atoms with Crippen LogP contribution in [0.1, 0.15) is 63.5 Å². The van der Waals surface area contributed by atoms with Crippen molar-refractivity contribution >= 4 is 24.1 Å². The maximum Gasteiger partial charge on any atom is 0.335 e. The lowest BCUT2D eigenvalue weighted by Gasteiger charge is -2.08. The molecular weight excluding hydrogens is 424 g/mol. The highest BCUT2D eigenvalue weighted by atomic mass is 16.5. The Balaban J connectivity index is 2.09. The molecule has 2 aromatic carbocycles. The molecule has 0 aliphatic rings. The number of carbonyl (C=O) groups is 2. The zero-order valence-electron chi connectivity index (χ0n) is 20.1. The van der Waals surface area contributed by atoms with Crippen molar-refractivity contribution in [1.29, 1.82) is 0 Å². The third kappa shape index (κ3) is 11.3. The molecule has 0 spiro atoms. The highest BCUT2D eigenvalue weighted by Crippen LogP contribution is 2.15. The number of hydrogen-bond donors (Lipinski definition) is 0. The molecule has 34 heavy (non-hydrogen) atoms. The van der Waals surface area contributed by atoms with Crippen LogP contribution in [0.3, 0.4) is 0 Å². The quantitative estimate of drug-likeness (QED) is 0.134. The summed E-state index contributed by atoms with van der Waals surface area (Å²) >= 11 is 0. The van der Waals surface area contributed by atoms with Gasteiger partial charge in [0.25, 0.3) is 0 Å². The molecule has 178 valence electrons. The summed E-state index contributed by atoms with van der Waals surface area (Å²) in [4.78, 5) is 24.7. The van der Waals surface area contributed by atoms with E-state index in [1.807, 2.05) is 60.7 Å². The molecule has 0 saturated carbocycles. The average Bonchev–Trinajstić information content (AvgIpc) is 2.87. The van der Waals surface area contributed by atoms with Crippen LogP contribution in [0.2, 0.25) is 0 Å². The van der Waals surface area contributed by atoms with Gasteiger partial charge in [-0.25, -0.2) is 9.59 Å². The lowest BCUT2D eigenvalue weighted by molar-refractivity contribution is -0.135. The van der Waals surface area contributed by atoms with Crippen LogP contribution in [0.4, 0.5) is 0 Å². The number of ether oxygens (including phenoxy) is 2. The lowest BCUT2D eigenvalue weighted by Crippen LogP contribution is -2.03. The van der Waals surface area contributed by atoms with Gasteiger partial charge >= 0.3 is 11.9 Å². The molecule has 0 aliphatic heterocycles. The van der Waals surface area contributed by atoms with Crippen LogP contribution in [-0.2, 0) is 19.1 Å². The van der Waals surface area contributed by atoms with Gasteiger partial charge in [-0.3, -0.25) is 0 Å². The molecule has 0 fully saturated rings. The Labute approximate surface area is 203 Å². The van der Waals surface area contributed by atoms with Crippen molar-refractivity contribution in [3.8, 4) is 0 Å². The van der Waals surface area contributed by atoms with Gasteiger partial charge < -0.3 is 9.47 Å². The first-order valence-corrected chi connectivity index (χ1v) is 11.9. The number of esters is 2. The fourth-order valence-electron chi connectivity index (χ4n) is 3.01. The fraction of sp³-hybridized carbons (Fsp3) is 0.267. The van der Waals surface area contributed by atoms with Crippen molar-refractivity contribution in [1.82, 2.24) is 0 Å². The van der Waals surface area contributed by atoms with E-state index in [1.165, 1.54) is 12.2 Å². The molecule has 0 bridgehead atoms. The molecule has 0 amide bonds. The summed E-state index contributed by atoms with van der Waals surface area (Å²) in [5, 5.41) is 0. The topological polar surface area (TPSA) is 52.6 Å². The summed E-state index contributed by atoms with van der Waals surface area (Å²) in [7, 11) is 0. The Hall–Kier alpha value is -3.66. The Kier molecular flexibility index (Phi) is 12.5. The second-order valence-electron chi connectivity index (χ2n) is 7.80. The Morgan fingerprint density at radius 2 is 1.03 bits per heavy atom. The van der Waals surface area contributed by atoms with Gasteiger partial charge in [0.15, 0.2) is 0 Å². The highest BCUT2D eigenvalue weighted by Gasteiger charge is 2.07. The second-order valence-corrected chi connectivity index (χ2v) is 7.80. The number of hydrogen-bond acceptors (Lipinski definition) is 4. The maximum absolute atomic E-state index is 12.3. The Bertz CT molecular complexity index is 915. The SMILES string of the molecule is CCCC/C(=C/C=C(/CCCC)OC(=O)/C=C/c1ccccc1)OC(=O)/C=C/c1ccccc1. The molecule has 0 N–H and O–H groups in total. The van der Waals surface area contributed by atoms with E-state index in [2.05, 4.69) is 13.8 Å². The monoisotopic (exact) mass is 458 g/mol. The smallest absolute Gasteiger partial charge is 0.335 e. The largest absolute Gasteiger partial charge is 0.428 e. The van der Waals surface area contributed by atoms with E-state index in [1.54, 1.807) is 24.3 Å². The van der Waals surface area contributed by atoms with E-state index in [-0.39, 0.29) is 0 Å². The molecule has 0 aromatic heterocycles. The van der Waals surface area contributed by atoms with Crippen molar-refractivity contribution in [2.45, 2.75) is 52.4 Å². The minimum absolute atomic E-state index is 0.433. The first-order valence-electron chi connectivity index (χ1n) is 11.9. The summed E-state index contributed by atoms with van der Waals surface area (Å²) in [5.41, 5.74) is 1.85. The zero-order valence-corrected chi connectivity index (χ0v) is 20.1. The van der Waals surface area contributed by atoms with E-state index < -0.39 is 11.9 Å². The molecular formula is C30H34O4. The minimum atomic E-state index is -0.433. The number of allylic oxidation sites excluding steroid dienone is 4. The van der Waals surface area contributed by atoms with Gasteiger partial charge in [0.2, 0.25) is 0 Å². The summed E-state index contributed by atoms with van der Waals surface area (Å²) in [6, 6.07) is 19.2. The first kappa shape index (κ1) is 26.6. The van der Waals surface area contributed by atoms with Crippen LogP contribution in [0, 0.1) is 0 Å². The van der Waals surface area contributed by atoms with E-state index in [4.69, 9.17) is 9.47 Å². The fourth-order valence-corrected chi connectivity index (χ4v) is 3.01. The standard InChI is InChI=1S/C30H34O4/c1-3-5-17-27(33-29(31)23-19-25-13-9-7-10-14-25)21-22-28(18-6-4-2)34-30(32)24-20-26-15-11-8-12-16-26/h7-16,19-24H,3-6,17-18H2,1-2H3/b23-19+,24-20+,27-21-,28-22-. The number of unbranched alkanes of at least 4 members (excludes halogenated alkanes) is 2. The number of benzene rings is 2. The molecule has 2 rings (SSSR count). The summed E-state index contributed by atoms with van der Waals surface area (Å²) in [6.45, 7) is 4.16. The van der Waals surface area contributed by atoms with Crippen molar-refractivity contribution in [2.75, 3.05) is 0 Å². The van der Waals surface area contributed by atoms with Crippen molar-refractivity contribution in [3.05, 3.63) is 108 Å². The summed E-state index contributed by atoms with van der Waals surface area (Å²) in [5.74, 6) is 0.235. The Morgan fingerprint density at radius 1 is 0.647 bits per heavy atom. The van der Waals surface area contributed by atoms with E-state index >= 15 is 0 Å². The average molecular weight is 459 g/mol. The van der Waals surface area contributed by atoms with E-state index in [0.29, 0.717) is 24.4 Å². The number of rotatable bonds is 13. The van der Waals surface area contributed by atoms with Gasteiger partial charge in [-0.05, 0) is 48.3 Å². The van der Waals surface area contributed by atoms with Crippen molar-refractivity contribution in [2.24, 2.45) is 0 Å². The van der Waals surface area contributed by atoms with Crippen molar-refractivity contribution < 1.29 is 19.1 Å².